The molecule has 3 nitrogen and oxygen atoms in total. The zero-order valence-corrected chi connectivity index (χ0v) is 35.3. The van der Waals surface area contributed by atoms with Crippen LogP contribution in [0, 0.1) is 0 Å². The van der Waals surface area contributed by atoms with Gasteiger partial charge in [0.15, 0.2) is 0 Å². The van der Waals surface area contributed by atoms with Gasteiger partial charge in [-0.1, -0.05) is 182 Å². The lowest BCUT2D eigenvalue weighted by atomic mass is 9.59. The van der Waals surface area contributed by atoms with Crippen LogP contribution in [0.3, 0.4) is 0 Å². The van der Waals surface area contributed by atoms with E-state index < -0.39 is 0 Å². The Kier molecular flexibility index (Phi) is 7.81. The second-order valence-corrected chi connectivity index (χ2v) is 17.4. The van der Waals surface area contributed by atoms with Crippen LogP contribution in [0.2, 0.25) is 0 Å². The normalized spacial score (nSPS) is 14.8. The van der Waals surface area contributed by atoms with Gasteiger partial charge in [0.2, 0.25) is 0 Å². The number of benzene rings is 10. The van der Waals surface area contributed by atoms with Crippen molar-refractivity contribution in [3.05, 3.63) is 258 Å². The number of fused-ring (bicyclic) bond motifs is 6. The molecule has 0 fully saturated rings. The van der Waals surface area contributed by atoms with Gasteiger partial charge in [-0.25, -0.2) is 0 Å². The Balaban J connectivity index is 1.02. The smallest absolute Gasteiger partial charge is 0.143 e. The fourth-order valence-electron chi connectivity index (χ4n) is 11.3. The van der Waals surface area contributed by atoms with Crippen molar-refractivity contribution in [3.63, 3.8) is 0 Å². The summed E-state index contributed by atoms with van der Waals surface area (Å²) in [7, 11) is 0. The summed E-state index contributed by atoms with van der Waals surface area (Å²) in [5, 5.41) is 4.53. The minimum absolute atomic E-state index is 0.0169. The molecule has 0 radical (unpaired) electrons. The monoisotopic (exact) mass is 829 g/mol. The van der Waals surface area contributed by atoms with E-state index in [-0.39, 0.29) is 11.8 Å². The molecule has 0 aliphatic heterocycles. The summed E-state index contributed by atoms with van der Waals surface area (Å²) in [6.07, 6.45) is 0. The third-order valence-corrected chi connectivity index (χ3v) is 14.1. The molecule has 2 heterocycles. The molecule has 0 N–H and O–H groups in total. The Labute approximate surface area is 376 Å². The van der Waals surface area contributed by atoms with E-state index in [1.165, 1.54) is 55.8 Å². The summed E-state index contributed by atoms with van der Waals surface area (Å²) in [6.45, 7) is 0. The summed E-state index contributed by atoms with van der Waals surface area (Å²) in [4.78, 5) is 2.48. The fraction of sp³-hybridized carbons (Fsp3) is 0.0323. The standard InChI is InChI=1S/C62H39NO2/c1-2-14-38(15-3-1)39-28-32-41(33-29-39)63(42-34-30-40(31-35-42)43-22-12-23-51-44-16-8-10-26-55(44)64-61(43)51)54-37-36-50(53-25-13-24-52-45-17-9-11-27-56(45)65-62(52)53)59-57-46-18-4-6-20-48(46)58(60(54)59)49-21-7-5-19-47(49)57/h1-37,57-58H. The van der Waals surface area contributed by atoms with Gasteiger partial charge in [0.1, 0.15) is 22.3 Å². The third kappa shape index (κ3) is 5.36. The van der Waals surface area contributed by atoms with E-state index in [2.05, 4.69) is 223 Å². The molecular weight excluding hydrogens is 791 g/mol. The molecule has 15 rings (SSSR count). The Hall–Kier alpha value is -8.40. The van der Waals surface area contributed by atoms with Gasteiger partial charge in [-0.15, -0.1) is 0 Å². The van der Waals surface area contributed by atoms with Crippen molar-refractivity contribution in [2.24, 2.45) is 0 Å². The van der Waals surface area contributed by atoms with Crippen LogP contribution >= 0.6 is 0 Å². The minimum atomic E-state index is 0.0169. The zero-order chi connectivity index (χ0) is 42.6. The second kappa shape index (κ2) is 14.1. The molecule has 0 amide bonds. The van der Waals surface area contributed by atoms with Crippen LogP contribution in [0.5, 0.6) is 0 Å². The van der Waals surface area contributed by atoms with Crippen LogP contribution in [0.1, 0.15) is 45.2 Å². The number of rotatable bonds is 6. The van der Waals surface area contributed by atoms with Gasteiger partial charge in [-0.2, -0.15) is 0 Å². The van der Waals surface area contributed by atoms with Crippen molar-refractivity contribution >= 4 is 60.9 Å². The molecule has 304 valence electrons. The molecule has 0 spiro atoms. The third-order valence-electron chi connectivity index (χ3n) is 14.1. The molecular formula is C62H39NO2. The number of nitrogens with zero attached hydrogens (tertiary/aromatic N) is 1. The maximum atomic E-state index is 6.79. The molecule has 0 unspecified atom stereocenters. The molecule has 2 bridgehead atoms. The van der Waals surface area contributed by atoms with Gasteiger partial charge in [0.05, 0.1) is 5.69 Å². The first kappa shape index (κ1) is 36.1. The van der Waals surface area contributed by atoms with Gasteiger partial charge in [0, 0.05) is 55.9 Å². The predicted octanol–water partition coefficient (Wildman–Crippen LogP) is 16.9. The Morgan fingerprint density at radius 2 is 0.738 bits per heavy atom. The van der Waals surface area contributed by atoms with E-state index >= 15 is 0 Å². The quantitative estimate of drug-likeness (QED) is 0.167. The van der Waals surface area contributed by atoms with Crippen LogP contribution in [0.4, 0.5) is 17.1 Å². The van der Waals surface area contributed by atoms with Crippen molar-refractivity contribution in [2.75, 3.05) is 4.90 Å². The van der Waals surface area contributed by atoms with Gasteiger partial charge >= 0.3 is 0 Å². The SMILES string of the molecule is c1ccc(-c2ccc(N(c3ccc(-c4cccc5c4oc4ccccc45)cc3)c3ccc(-c4cccc5c4oc4ccccc45)c4c3C3c5ccccc5C4c4ccccc43)cc2)cc1. The maximum Gasteiger partial charge on any atom is 0.143 e. The summed E-state index contributed by atoms with van der Waals surface area (Å²) >= 11 is 0. The van der Waals surface area contributed by atoms with Crippen molar-refractivity contribution in [1.29, 1.82) is 0 Å². The van der Waals surface area contributed by atoms with Gasteiger partial charge in [0.25, 0.3) is 0 Å². The van der Waals surface area contributed by atoms with Crippen molar-refractivity contribution in [1.82, 2.24) is 0 Å². The first-order chi connectivity index (χ1) is 32.3. The van der Waals surface area contributed by atoms with E-state index in [9.17, 15) is 0 Å². The molecule has 2 aromatic heterocycles. The molecule has 3 heteroatoms. The molecule has 12 aromatic rings. The first-order valence-corrected chi connectivity index (χ1v) is 22.5. The summed E-state index contributed by atoms with van der Waals surface area (Å²) in [5.41, 5.74) is 22.0. The topological polar surface area (TPSA) is 29.5 Å². The Morgan fingerprint density at radius 3 is 1.32 bits per heavy atom. The minimum Gasteiger partial charge on any atom is -0.455 e. The summed E-state index contributed by atoms with van der Waals surface area (Å²) in [5.74, 6) is 0.0502. The largest absolute Gasteiger partial charge is 0.455 e. The van der Waals surface area contributed by atoms with Crippen LogP contribution in [-0.4, -0.2) is 0 Å². The highest BCUT2D eigenvalue weighted by molar-refractivity contribution is 6.11. The Morgan fingerprint density at radius 1 is 0.292 bits per heavy atom. The summed E-state index contributed by atoms with van der Waals surface area (Å²) in [6, 6.07) is 81.6. The number of furan rings is 2. The lowest BCUT2D eigenvalue weighted by Gasteiger charge is -2.45. The number of hydrogen-bond donors (Lipinski definition) is 0. The molecule has 0 atom stereocenters. The molecule has 3 aliphatic carbocycles. The lowest BCUT2D eigenvalue weighted by molar-refractivity contribution is 0.669. The van der Waals surface area contributed by atoms with Crippen LogP contribution in [0.15, 0.2) is 233 Å². The van der Waals surface area contributed by atoms with E-state index in [0.717, 1.165) is 71.9 Å². The average molecular weight is 830 g/mol. The highest BCUT2D eigenvalue weighted by Gasteiger charge is 2.45. The van der Waals surface area contributed by atoms with E-state index in [4.69, 9.17) is 8.83 Å². The van der Waals surface area contributed by atoms with Gasteiger partial charge < -0.3 is 13.7 Å². The molecule has 0 saturated carbocycles. The Bertz CT molecular complexity index is 3790. The van der Waals surface area contributed by atoms with Crippen LogP contribution in [-0.2, 0) is 0 Å². The predicted molar refractivity (Wildman–Crippen MR) is 267 cm³/mol. The molecule has 0 saturated heterocycles. The number of anilines is 3. The van der Waals surface area contributed by atoms with Crippen LogP contribution < -0.4 is 4.90 Å². The van der Waals surface area contributed by atoms with E-state index in [0.29, 0.717) is 0 Å². The highest BCUT2D eigenvalue weighted by Crippen LogP contribution is 2.61. The van der Waals surface area contributed by atoms with Gasteiger partial charge in [-0.3, -0.25) is 0 Å². The number of para-hydroxylation sites is 4. The van der Waals surface area contributed by atoms with E-state index in [1.807, 2.05) is 6.07 Å². The maximum absolute atomic E-state index is 6.79. The number of hydrogen-bond acceptors (Lipinski definition) is 3. The molecule has 3 aliphatic rings. The van der Waals surface area contributed by atoms with E-state index in [1.54, 1.807) is 0 Å². The lowest BCUT2D eigenvalue weighted by Crippen LogP contribution is -2.30. The summed E-state index contributed by atoms with van der Waals surface area (Å²) < 4.78 is 13.3. The average Bonchev–Trinajstić information content (AvgIpc) is 3.96. The molecule has 10 aromatic carbocycles. The van der Waals surface area contributed by atoms with Crippen molar-refractivity contribution < 1.29 is 8.83 Å². The first-order valence-electron chi connectivity index (χ1n) is 22.5. The highest BCUT2D eigenvalue weighted by atomic mass is 16.3. The van der Waals surface area contributed by atoms with Crippen molar-refractivity contribution in [3.8, 4) is 33.4 Å². The van der Waals surface area contributed by atoms with Crippen molar-refractivity contribution in [2.45, 2.75) is 11.8 Å². The second-order valence-electron chi connectivity index (χ2n) is 17.4. The van der Waals surface area contributed by atoms with Gasteiger partial charge in [-0.05, 0) is 98.1 Å². The fourth-order valence-corrected chi connectivity index (χ4v) is 11.3. The zero-order valence-electron chi connectivity index (χ0n) is 35.3. The van der Waals surface area contributed by atoms with Crippen LogP contribution in [0.25, 0.3) is 77.3 Å². The molecule has 65 heavy (non-hydrogen) atoms.